The number of allylic oxidation sites excluding steroid dienone is 8. The van der Waals surface area contributed by atoms with E-state index in [-0.39, 0.29) is 24.8 Å². The molecule has 0 aromatic rings. The standard InChI is InChI=1S/C14H17.2ClH.Zr/c1-2-3-7-12-10-6-11-14(12)13-8-4-5-9-13;;;/h4-5,8,10H,2-3,6-7,9H2,1H3;2*1H;/q;;;+2/p-2. The molecule has 0 aliphatic heterocycles. The molecule has 0 saturated heterocycles. The first-order chi connectivity index (χ1) is 7.33. The molecule has 2 aliphatic rings. The molecule has 0 fully saturated rings. The van der Waals surface area contributed by atoms with Crippen molar-refractivity contribution in [2.24, 2.45) is 0 Å². The van der Waals surface area contributed by atoms with Crippen molar-refractivity contribution in [3.05, 3.63) is 44.3 Å². The van der Waals surface area contributed by atoms with Gasteiger partial charge >= 0.3 is 108 Å². The molecule has 0 atom stereocenters. The molecule has 2 rings (SSSR count). The predicted molar refractivity (Wildman–Crippen MR) is 61.1 cm³/mol. The topological polar surface area (TPSA) is 0 Å². The van der Waals surface area contributed by atoms with E-state index in [1.807, 2.05) is 0 Å². The zero-order chi connectivity index (χ0) is 10.7. The van der Waals surface area contributed by atoms with Gasteiger partial charge in [-0.05, 0) is 0 Å². The van der Waals surface area contributed by atoms with Gasteiger partial charge < -0.3 is 24.8 Å². The van der Waals surface area contributed by atoms with Crippen molar-refractivity contribution in [3.63, 3.8) is 0 Å². The molecule has 0 aromatic heterocycles. The van der Waals surface area contributed by atoms with Crippen molar-refractivity contribution in [2.75, 3.05) is 0 Å². The van der Waals surface area contributed by atoms with Crippen LogP contribution in [-0.2, 0) is 24.7 Å². The minimum atomic E-state index is 0. The Labute approximate surface area is 132 Å². The second-order valence-corrected chi connectivity index (χ2v) is 5.70. The Bertz CT molecular complexity index is 376. The Hall–Kier alpha value is 0.423. The molecule has 0 amide bonds. The fraction of sp³-hybridized carbons (Fsp3) is 0.429. The Balaban J connectivity index is 0.00000128. The molecule has 0 saturated carbocycles. The van der Waals surface area contributed by atoms with Gasteiger partial charge in [0.1, 0.15) is 0 Å². The van der Waals surface area contributed by atoms with Gasteiger partial charge in [-0.25, -0.2) is 0 Å². The maximum Gasteiger partial charge on any atom is -1.00 e. The summed E-state index contributed by atoms with van der Waals surface area (Å²) in [5.41, 5.74) is 4.80. The van der Waals surface area contributed by atoms with Gasteiger partial charge in [-0.15, -0.1) is 0 Å². The third-order valence-corrected chi connectivity index (χ3v) is 4.18. The zero-order valence-corrected chi connectivity index (χ0v) is 14.1. The normalized spacial score (nSPS) is 17.6. The smallest absolute Gasteiger partial charge is 1.00 e. The quantitative estimate of drug-likeness (QED) is 0.563. The van der Waals surface area contributed by atoms with Gasteiger partial charge in [0, 0.05) is 0 Å². The molecule has 0 bridgehead atoms. The molecule has 17 heavy (non-hydrogen) atoms. The van der Waals surface area contributed by atoms with E-state index in [1.165, 1.54) is 25.7 Å². The number of unbranched alkanes of at least 4 members (excludes halogenated alkanes) is 1. The summed E-state index contributed by atoms with van der Waals surface area (Å²) >= 11 is 1.60. The van der Waals surface area contributed by atoms with Crippen LogP contribution in [0.25, 0.3) is 0 Å². The second-order valence-electron chi connectivity index (χ2n) is 4.21. The van der Waals surface area contributed by atoms with E-state index in [4.69, 9.17) is 0 Å². The van der Waals surface area contributed by atoms with Crippen LogP contribution in [-0.4, -0.2) is 0 Å². The van der Waals surface area contributed by atoms with Crippen molar-refractivity contribution in [1.29, 1.82) is 0 Å². The molecule has 0 N–H and O–H groups in total. The molecule has 91 valence electrons. The van der Waals surface area contributed by atoms with Crippen LogP contribution in [0.5, 0.6) is 0 Å². The van der Waals surface area contributed by atoms with E-state index in [1.54, 1.807) is 44.7 Å². The Kier molecular flexibility index (Phi) is 8.72. The van der Waals surface area contributed by atoms with Gasteiger partial charge in [0.25, 0.3) is 0 Å². The third-order valence-electron chi connectivity index (χ3n) is 3.07. The first-order valence-electron chi connectivity index (χ1n) is 5.83. The molecule has 0 unspecified atom stereocenters. The predicted octanol–water partition coefficient (Wildman–Crippen LogP) is -1.80. The van der Waals surface area contributed by atoms with Gasteiger partial charge in [0.05, 0.1) is 0 Å². The fourth-order valence-electron chi connectivity index (χ4n) is 2.25. The third kappa shape index (κ3) is 4.23. The second kappa shape index (κ2) is 8.51. The van der Waals surface area contributed by atoms with Crippen LogP contribution in [0.4, 0.5) is 0 Å². The van der Waals surface area contributed by atoms with E-state index in [2.05, 4.69) is 31.2 Å². The Morgan fingerprint density at radius 1 is 1.24 bits per heavy atom. The van der Waals surface area contributed by atoms with Crippen molar-refractivity contribution in [2.45, 2.75) is 39.0 Å². The Morgan fingerprint density at radius 2 is 2.00 bits per heavy atom. The van der Waals surface area contributed by atoms with Crippen molar-refractivity contribution in [3.8, 4) is 0 Å². The van der Waals surface area contributed by atoms with E-state index < -0.39 is 0 Å². The van der Waals surface area contributed by atoms with Crippen molar-refractivity contribution >= 4 is 0 Å². The molecule has 3 heteroatoms. The average molecular weight is 347 g/mol. The van der Waals surface area contributed by atoms with Gasteiger partial charge in [-0.3, -0.25) is 0 Å². The number of rotatable bonds is 4. The molecular weight excluding hydrogens is 330 g/mol. The largest absolute Gasteiger partial charge is 1.00 e. The van der Waals surface area contributed by atoms with Gasteiger partial charge in [-0.1, -0.05) is 0 Å². The Morgan fingerprint density at radius 3 is 2.59 bits per heavy atom. The van der Waals surface area contributed by atoms with Crippen LogP contribution >= 0.6 is 0 Å². The van der Waals surface area contributed by atoms with E-state index in [0.717, 1.165) is 6.42 Å². The van der Waals surface area contributed by atoms with Gasteiger partial charge in [0.2, 0.25) is 0 Å². The van der Waals surface area contributed by atoms with Crippen LogP contribution in [0.2, 0.25) is 0 Å². The van der Waals surface area contributed by atoms with E-state index in [0.29, 0.717) is 0 Å². The minimum absolute atomic E-state index is 0. The van der Waals surface area contributed by atoms with E-state index in [9.17, 15) is 0 Å². The molecular formula is C14H17Cl2Zr. The first kappa shape index (κ1) is 17.4. The molecule has 0 heterocycles. The maximum absolute atomic E-state index is 2.45. The van der Waals surface area contributed by atoms with Gasteiger partial charge in [-0.2, -0.15) is 0 Å². The van der Waals surface area contributed by atoms with Gasteiger partial charge in [0.15, 0.2) is 0 Å². The monoisotopic (exact) mass is 345 g/mol. The molecule has 0 spiro atoms. The van der Waals surface area contributed by atoms with Crippen LogP contribution in [0.3, 0.4) is 0 Å². The van der Waals surface area contributed by atoms with Crippen LogP contribution in [0.1, 0.15) is 39.0 Å². The number of hydrogen-bond acceptors (Lipinski definition) is 0. The van der Waals surface area contributed by atoms with E-state index >= 15 is 0 Å². The average Bonchev–Trinajstić information content (AvgIpc) is 2.84. The number of hydrogen-bond donors (Lipinski definition) is 0. The fourth-order valence-corrected chi connectivity index (χ4v) is 3.29. The van der Waals surface area contributed by atoms with Crippen LogP contribution in [0.15, 0.2) is 44.3 Å². The zero-order valence-electron chi connectivity index (χ0n) is 10.1. The number of halogens is 2. The van der Waals surface area contributed by atoms with Crippen molar-refractivity contribution < 1.29 is 49.5 Å². The minimum Gasteiger partial charge on any atom is -1.00 e. The first-order valence-corrected chi connectivity index (χ1v) is 7.06. The van der Waals surface area contributed by atoms with Crippen LogP contribution < -0.4 is 24.8 Å². The summed E-state index contributed by atoms with van der Waals surface area (Å²) in [5, 5.41) is 0. The molecule has 0 aromatic carbocycles. The summed E-state index contributed by atoms with van der Waals surface area (Å²) in [6.45, 7) is 2.27. The molecule has 2 aliphatic carbocycles. The molecule has 0 radical (unpaired) electrons. The summed E-state index contributed by atoms with van der Waals surface area (Å²) in [4.78, 5) is 0. The summed E-state index contributed by atoms with van der Waals surface area (Å²) in [6, 6.07) is 0. The van der Waals surface area contributed by atoms with Crippen LogP contribution in [0, 0.1) is 0 Å². The maximum atomic E-state index is 2.45. The summed E-state index contributed by atoms with van der Waals surface area (Å²) in [6.07, 6.45) is 15.5. The molecule has 0 nitrogen and oxygen atoms in total. The SMILES string of the molecule is CCCCC1=CC[C]([Zr+2])=C1C1=CC=CC1.[Cl-].[Cl-]. The summed E-state index contributed by atoms with van der Waals surface area (Å²) < 4.78 is 1.66. The van der Waals surface area contributed by atoms with Crippen molar-refractivity contribution in [1.82, 2.24) is 0 Å². The summed E-state index contributed by atoms with van der Waals surface area (Å²) in [5.74, 6) is 0. The summed E-state index contributed by atoms with van der Waals surface area (Å²) in [7, 11) is 0.